The Balaban J connectivity index is 2.79. The number of nitrogens with one attached hydrogen (secondary N) is 2. The van der Waals surface area contributed by atoms with Crippen LogP contribution in [-0.4, -0.2) is 27.9 Å². The molecule has 1 atom stereocenters. The molecule has 0 aliphatic rings. The highest BCUT2D eigenvalue weighted by Crippen LogP contribution is 2.38. The summed E-state index contributed by atoms with van der Waals surface area (Å²) in [4.78, 5) is 11.3. The molecule has 27 heavy (non-hydrogen) atoms. The van der Waals surface area contributed by atoms with Crippen molar-refractivity contribution in [1.82, 2.24) is 10.0 Å². The van der Waals surface area contributed by atoms with Crippen LogP contribution in [0.5, 0.6) is 5.75 Å². The average Bonchev–Trinajstić information content (AvgIpc) is 2.60. The summed E-state index contributed by atoms with van der Waals surface area (Å²) in [5.74, 6) is 0.874. The van der Waals surface area contributed by atoms with Crippen molar-refractivity contribution in [2.75, 3.05) is 13.2 Å². The molecule has 0 heterocycles. The molecule has 154 valence electrons. The monoisotopic (exact) mass is 398 g/mol. The van der Waals surface area contributed by atoms with Crippen molar-refractivity contribution in [3.05, 3.63) is 29.3 Å². The second-order valence-corrected chi connectivity index (χ2v) is 8.70. The van der Waals surface area contributed by atoms with Crippen LogP contribution in [0.2, 0.25) is 0 Å². The number of benzene rings is 1. The maximum absolute atomic E-state index is 11.3. The van der Waals surface area contributed by atoms with Crippen LogP contribution < -0.4 is 14.8 Å². The SMILES string of the molecule is CCC(C)(C)c1ccc(OCCCNC(=O)NS(=O)O)c(C(C)(C)CC)c1. The molecule has 7 heteroatoms. The van der Waals surface area contributed by atoms with Gasteiger partial charge in [0.05, 0.1) is 6.61 Å². The number of amides is 2. The number of urea groups is 1. The van der Waals surface area contributed by atoms with Gasteiger partial charge in [-0.25, -0.2) is 13.7 Å². The summed E-state index contributed by atoms with van der Waals surface area (Å²) in [6.07, 6.45) is 2.66. The van der Waals surface area contributed by atoms with E-state index in [4.69, 9.17) is 9.29 Å². The third-order valence-corrected chi connectivity index (χ3v) is 5.66. The first kappa shape index (κ1) is 23.4. The fourth-order valence-electron chi connectivity index (χ4n) is 2.57. The van der Waals surface area contributed by atoms with Gasteiger partial charge in [0.1, 0.15) is 5.75 Å². The van der Waals surface area contributed by atoms with Crippen molar-refractivity contribution >= 4 is 17.3 Å². The summed E-state index contributed by atoms with van der Waals surface area (Å²) < 4.78 is 26.9. The smallest absolute Gasteiger partial charge is 0.328 e. The van der Waals surface area contributed by atoms with Crippen molar-refractivity contribution in [2.24, 2.45) is 0 Å². The minimum Gasteiger partial charge on any atom is -0.493 e. The Kier molecular flexibility index (Phi) is 8.75. The van der Waals surface area contributed by atoms with E-state index in [2.05, 4.69) is 65.1 Å². The third kappa shape index (κ3) is 7.14. The molecule has 6 nitrogen and oxygen atoms in total. The minimum atomic E-state index is -2.35. The van der Waals surface area contributed by atoms with Gasteiger partial charge in [-0.3, -0.25) is 4.55 Å². The van der Waals surface area contributed by atoms with Crippen molar-refractivity contribution < 1.29 is 18.3 Å². The molecule has 0 fully saturated rings. The van der Waals surface area contributed by atoms with Gasteiger partial charge < -0.3 is 10.1 Å². The number of carbonyl (C=O) groups excluding carboxylic acids is 1. The van der Waals surface area contributed by atoms with Gasteiger partial charge in [0, 0.05) is 12.1 Å². The summed E-state index contributed by atoms with van der Waals surface area (Å²) in [6.45, 7) is 14.1. The van der Waals surface area contributed by atoms with E-state index in [1.807, 2.05) is 4.72 Å². The average molecular weight is 399 g/mol. The Labute approximate surface area is 165 Å². The maximum Gasteiger partial charge on any atom is 0.328 e. The Morgan fingerprint density at radius 1 is 1.15 bits per heavy atom. The van der Waals surface area contributed by atoms with Crippen LogP contribution in [0.4, 0.5) is 4.79 Å². The van der Waals surface area contributed by atoms with Gasteiger partial charge in [0.2, 0.25) is 0 Å². The second-order valence-electron chi connectivity index (χ2n) is 7.99. The molecule has 0 aromatic heterocycles. The highest BCUT2D eigenvalue weighted by molar-refractivity contribution is 7.77. The van der Waals surface area contributed by atoms with Crippen LogP contribution in [0.15, 0.2) is 18.2 Å². The number of carbonyl (C=O) groups is 1. The molecule has 0 radical (unpaired) electrons. The summed E-state index contributed by atoms with van der Waals surface area (Å²) in [7, 11) is 0. The molecule has 0 saturated carbocycles. The molecule has 0 aliphatic carbocycles. The molecular weight excluding hydrogens is 364 g/mol. The molecule has 1 aromatic rings. The van der Waals surface area contributed by atoms with E-state index < -0.39 is 17.3 Å². The predicted molar refractivity (Wildman–Crippen MR) is 110 cm³/mol. The highest BCUT2D eigenvalue weighted by atomic mass is 32.2. The fraction of sp³-hybridized carbons (Fsp3) is 0.650. The molecule has 1 aromatic carbocycles. The van der Waals surface area contributed by atoms with Crippen molar-refractivity contribution in [2.45, 2.75) is 71.6 Å². The number of hydrogen-bond acceptors (Lipinski definition) is 3. The van der Waals surface area contributed by atoms with Crippen molar-refractivity contribution in [3.63, 3.8) is 0 Å². The zero-order valence-electron chi connectivity index (χ0n) is 17.3. The standard InChI is InChI=1S/C20H34N2O4S/c1-7-19(3,4)15-10-11-17(16(14-15)20(5,6)8-2)26-13-9-12-21-18(23)22-27(24)25/h10-11,14H,7-9,12-13H2,1-6H3,(H,24,25)(H2,21,22,23). The lowest BCUT2D eigenvalue weighted by Crippen LogP contribution is -2.37. The Morgan fingerprint density at radius 2 is 1.78 bits per heavy atom. The van der Waals surface area contributed by atoms with Gasteiger partial charge in [-0.05, 0) is 41.7 Å². The Hall–Kier alpha value is -1.60. The molecule has 0 aliphatic heterocycles. The number of rotatable bonds is 10. The van der Waals surface area contributed by atoms with Crippen LogP contribution >= 0.6 is 0 Å². The van der Waals surface area contributed by atoms with Crippen molar-refractivity contribution in [1.29, 1.82) is 0 Å². The third-order valence-electron chi connectivity index (χ3n) is 5.30. The zero-order chi connectivity index (χ0) is 20.7. The van der Waals surface area contributed by atoms with E-state index in [0.717, 1.165) is 18.6 Å². The molecule has 0 saturated heterocycles. The van der Waals surface area contributed by atoms with E-state index in [1.165, 1.54) is 11.1 Å². The molecule has 0 spiro atoms. The van der Waals surface area contributed by atoms with E-state index in [0.29, 0.717) is 19.6 Å². The lowest BCUT2D eigenvalue weighted by Gasteiger charge is -2.30. The van der Waals surface area contributed by atoms with Gasteiger partial charge in [0.25, 0.3) is 11.3 Å². The molecule has 3 N–H and O–H groups in total. The van der Waals surface area contributed by atoms with E-state index in [-0.39, 0.29) is 10.8 Å². The topological polar surface area (TPSA) is 87.7 Å². The van der Waals surface area contributed by atoms with Crippen LogP contribution in [0, 0.1) is 0 Å². The summed E-state index contributed by atoms with van der Waals surface area (Å²) in [6, 6.07) is 5.78. The quantitative estimate of drug-likeness (QED) is 0.406. The minimum absolute atomic E-state index is 0.00150. The van der Waals surface area contributed by atoms with Crippen molar-refractivity contribution in [3.8, 4) is 5.75 Å². The largest absolute Gasteiger partial charge is 0.493 e. The predicted octanol–water partition coefficient (Wildman–Crippen LogP) is 4.27. The molecule has 1 unspecified atom stereocenters. The molecule has 0 bridgehead atoms. The van der Waals surface area contributed by atoms with Gasteiger partial charge in [-0.2, -0.15) is 0 Å². The van der Waals surface area contributed by atoms with E-state index in [9.17, 15) is 9.00 Å². The lowest BCUT2D eigenvalue weighted by atomic mass is 9.76. The summed E-state index contributed by atoms with van der Waals surface area (Å²) in [5.41, 5.74) is 2.62. The first-order chi connectivity index (χ1) is 12.5. The van der Waals surface area contributed by atoms with Crippen LogP contribution in [0.25, 0.3) is 0 Å². The van der Waals surface area contributed by atoms with Crippen LogP contribution in [0.3, 0.4) is 0 Å². The maximum atomic E-state index is 11.3. The normalized spacial score (nSPS) is 13.1. The molecule has 1 rings (SSSR count). The first-order valence-electron chi connectivity index (χ1n) is 9.46. The fourth-order valence-corrected chi connectivity index (χ4v) is 2.80. The summed E-state index contributed by atoms with van der Waals surface area (Å²) >= 11 is -2.35. The summed E-state index contributed by atoms with van der Waals surface area (Å²) in [5, 5.41) is 2.51. The molecular formula is C20H34N2O4S. The second kappa shape index (κ2) is 10.1. The van der Waals surface area contributed by atoms with Crippen LogP contribution in [0.1, 0.15) is 71.9 Å². The Morgan fingerprint density at radius 3 is 2.33 bits per heavy atom. The molecule has 2 amide bonds. The van der Waals surface area contributed by atoms with Crippen LogP contribution in [-0.2, 0) is 22.1 Å². The Bertz CT molecular complexity index is 659. The van der Waals surface area contributed by atoms with Gasteiger partial charge in [-0.1, -0.05) is 53.7 Å². The number of ether oxygens (including phenoxy) is 1. The zero-order valence-corrected chi connectivity index (χ0v) is 18.2. The van der Waals surface area contributed by atoms with Gasteiger partial charge in [0.15, 0.2) is 0 Å². The number of hydrogen-bond donors (Lipinski definition) is 3. The first-order valence-corrected chi connectivity index (χ1v) is 10.6. The van der Waals surface area contributed by atoms with Gasteiger partial charge >= 0.3 is 6.03 Å². The highest BCUT2D eigenvalue weighted by Gasteiger charge is 2.26. The van der Waals surface area contributed by atoms with E-state index >= 15 is 0 Å². The lowest BCUT2D eigenvalue weighted by molar-refractivity contribution is 0.243. The van der Waals surface area contributed by atoms with Gasteiger partial charge in [-0.15, -0.1) is 0 Å². The van der Waals surface area contributed by atoms with E-state index in [1.54, 1.807) is 0 Å².